The van der Waals surface area contributed by atoms with Crippen LogP contribution in [-0.2, 0) is 35.3 Å². The van der Waals surface area contributed by atoms with Crippen molar-refractivity contribution in [2.24, 2.45) is 17.1 Å². The predicted molar refractivity (Wildman–Crippen MR) is 164 cm³/mol. The van der Waals surface area contributed by atoms with Crippen molar-refractivity contribution in [1.82, 2.24) is 19.5 Å². The van der Waals surface area contributed by atoms with Gasteiger partial charge in [-0.05, 0) is 49.6 Å². The number of sulfonamides is 1. The number of halogens is 3. The van der Waals surface area contributed by atoms with E-state index in [1.165, 1.54) is 19.2 Å². The largest absolute Gasteiger partial charge is 0.569 e. The molecule has 0 saturated carbocycles. The number of rotatable bonds is 14. The second-order valence-electron chi connectivity index (χ2n) is 11.4. The van der Waals surface area contributed by atoms with Crippen molar-refractivity contribution in [2.75, 3.05) is 20.4 Å². The zero-order chi connectivity index (χ0) is 35.8. The molecule has 0 radical (unpaired) electrons. The van der Waals surface area contributed by atoms with E-state index in [-0.39, 0.29) is 27.2 Å². The summed E-state index contributed by atoms with van der Waals surface area (Å²) in [5.74, 6) is -0.943. The van der Waals surface area contributed by atoms with Crippen LogP contribution in [0.15, 0.2) is 64.8 Å². The van der Waals surface area contributed by atoms with Crippen molar-refractivity contribution in [2.45, 2.75) is 58.2 Å². The van der Waals surface area contributed by atoms with Gasteiger partial charge in [0.2, 0.25) is 5.28 Å². The minimum atomic E-state index is -4.72. The van der Waals surface area contributed by atoms with Gasteiger partial charge < -0.3 is 19.5 Å². The van der Waals surface area contributed by atoms with Crippen molar-refractivity contribution in [3.63, 3.8) is 0 Å². The van der Waals surface area contributed by atoms with Crippen molar-refractivity contribution in [1.29, 1.82) is 0 Å². The molecule has 0 fully saturated rings. The maximum atomic E-state index is 13.5. The maximum Gasteiger partial charge on any atom is 0.435 e. The number of hydrogen-bond acceptors (Lipinski definition) is 10. The fourth-order valence-electron chi connectivity index (χ4n) is 4.18. The molecule has 14 nitrogen and oxygen atoms in total. The van der Waals surface area contributed by atoms with Crippen LogP contribution < -0.4 is 4.72 Å². The molecule has 0 aliphatic heterocycles. The highest BCUT2D eigenvalue weighted by Gasteiger charge is 2.35. The van der Waals surface area contributed by atoms with Gasteiger partial charge in [-0.1, -0.05) is 57.5 Å². The normalized spacial score (nSPS) is 12.9. The molecule has 2 aromatic carbocycles. The number of benzene rings is 2. The summed E-state index contributed by atoms with van der Waals surface area (Å²) in [6, 6.07) is 11.6. The van der Waals surface area contributed by atoms with E-state index in [0.717, 1.165) is 33.5 Å². The molecule has 0 spiro atoms. The number of nitrogens with one attached hydrogen (secondary N) is 1. The van der Waals surface area contributed by atoms with Crippen LogP contribution in [0.1, 0.15) is 45.4 Å². The Morgan fingerprint density at radius 1 is 1.06 bits per heavy atom. The van der Waals surface area contributed by atoms with E-state index in [1.807, 2.05) is 20.8 Å². The Labute approximate surface area is 275 Å². The van der Waals surface area contributed by atoms with E-state index in [9.17, 15) is 36.4 Å². The molecule has 0 aliphatic carbocycles. The number of carbonyl (C=O) groups is 2. The van der Waals surface area contributed by atoms with Crippen LogP contribution >= 0.6 is 0 Å². The molecule has 1 N–H and O–H groups in total. The minimum absolute atomic E-state index is 0.0150. The van der Waals surface area contributed by atoms with E-state index < -0.39 is 59.3 Å². The summed E-state index contributed by atoms with van der Waals surface area (Å²) in [5, 5.41) is 20.4. The molecule has 3 rings (SSSR count). The third-order valence-electron chi connectivity index (χ3n) is 6.76. The average Bonchev–Trinajstić information content (AvgIpc) is 3.47. The zero-order valence-electron chi connectivity index (χ0n) is 27.1. The second kappa shape index (κ2) is 15.8. The Balaban J connectivity index is 1.70. The number of aryl methyl sites for hydroxylation is 1. The van der Waals surface area contributed by atoms with E-state index in [0.29, 0.717) is 12.0 Å². The number of hydrazine groups is 1. The minimum Gasteiger partial charge on any atom is -0.569 e. The Morgan fingerprint density at radius 3 is 2.25 bits per heavy atom. The molecule has 18 heteroatoms. The lowest BCUT2D eigenvalue weighted by atomic mass is 10.0. The van der Waals surface area contributed by atoms with Gasteiger partial charge in [0.1, 0.15) is 12.6 Å². The number of esters is 1. The van der Waals surface area contributed by atoms with Crippen molar-refractivity contribution in [3.8, 4) is 16.9 Å². The number of nitrogens with zero attached hydrogens (tertiary/aromatic N) is 5. The summed E-state index contributed by atoms with van der Waals surface area (Å²) in [6.45, 7) is 7.74. The highest BCUT2D eigenvalue weighted by Crippen LogP contribution is 2.33. The van der Waals surface area contributed by atoms with E-state index in [4.69, 9.17) is 14.3 Å². The molecule has 48 heavy (non-hydrogen) atoms. The topological polar surface area (TPSA) is 167 Å². The van der Waals surface area contributed by atoms with Crippen molar-refractivity contribution < 1.29 is 50.5 Å². The zero-order valence-corrected chi connectivity index (χ0v) is 27.9. The highest BCUT2D eigenvalue weighted by molar-refractivity contribution is 7.90. The van der Waals surface area contributed by atoms with Crippen LogP contribution in [0.25, 0.3) is 16.9 Å². The monoisotopic (exact) mass is 698 g/mol. The first-order chi connectivity index (χ1) is 22.4. The first-order valence-electron chi connectivity index (χ1n) is 14.6. The molecule has 0 unspecified atom stereocenters. The van der Waals surface area contributed by atoms with Gasteiger partial charge in [0.15, 0.2) is 5.69 Å². The molecule has 3 aromatic rings. The van der Waals surface area contributed by atoms with Gasteiger partial charge in [-0.2, -0.15) is 18.3 Å². The number of amides is 1. The lowest BCUT2D eigenvalue weighted by Gasteiger charge is -2.25. The fourth-order valence-corrected chi connectivity index (χ4v) is 5.07. The third-order valence-corrected chi connectivity index (χ3v) is 8.09. The van der Waals surface area contributed by atoms with Crippen LogP contribution in [0.5, 0.6) is 0 Å². The van der Waals surface area contributed by atoms with Crippen LogP contribution in [0.3, 0.4) is 0 Å². The molecule has 1 amide bonds. The SMILES string of the molecule is Cc1ccc(-c2cc(C(F)(F)F)nn2-c2ccc(S(=O)(=O)NC(=O)OC[C@H](CC(C)C)N(C)/[N+]([O-])=N/OCOC(=O)C(C)C)cc2)cc1. The number of alkyl halides is 3. The van der Waals surface area contributed by atoms with Crippen molar-refractivity contribution in [3.05, 3.63) is 71.1 Å². The first kappa shape index (κ1) is 37.6. The molecule has 0 saturated heterocycles. The van der Waals surface area contributed by atoms with Crippen LogP contribution in [0.2, 0.25) is 0 Å². The van der Waals surface area contributed by atoms with Gasteiger partial charge in [0.05, 0.1) is 34.2 Å². The quantitative estimate of drug-likeness (QED) is 0.0560. The van der Waals surface area contributed by atoms with E-state index in [2.05, 4.69) is 10.4 Å². The maximum absolute atomic E-state index is 13.5. The van der Waals surface area contributed by atoms with Gasteiger partial charge in [0, 0.05) is 5.56 Å². The molecule has 1 heterocycles. The van der Waals surface area contributed by atoms with Crippen LogP contribution in [0.4, 0.5) is 18.0 Å². The third kappa shape index (κ3) is 10.3. The number of likely N-dealkylation sites (N-methyl/N-ethyl adjacent to an activating group) is 1. The molecule has 1 aromatic heterocycles. The van der Waals surface area contributed by atoms with Gasteiger partial charge >= 0.3 is 18.2 Å². The Bertz CT molecular complexity index is 1690. The Morgan fingerprint density at radius 2 is 1.69 bits per heavy atom. The summed E-state index contributed by atoms with van der Waals surface area (Å²) >= 11 is 0. The predicted octanol–water partition coefficient (Wildman–Crippen LogP) is 5.59. The Kier molecular flexibility index (Phi) is 12.4. The first-order valence-corrected chi connectivity index (χ1v) is 16.1. The molecule has 0 aliphatic rings. The summed E-state index contributed by atoms with van der Waals surface area (Å²) in [6.07, 6.45) is -5.74. The fraction of sp³-hybridized carbons (Fsp3) is 0.433. The molecule has 1 atom stereocenters. The molecular weight excluding hydrogens is 661 g/mol. The van der Waals surface area contributed by atoms with Crippen molar-refractivity contribution >= 4 is 22.1 Å². The second-order valence-corrected chi connectivity index (χ2v) is 13.1. The number of aromatic nitrogens is 2. The summed E-state index contributed by atoms with van der Waals surface area (Å²) in [4.78, 5) is 28.4. The van der Waals surface area contributed by atoms with Gasteiger partial charge in [0.25, 0.3) is 16.8 Å². The Hall–Kier alpha value is -4.87. The van der Waals surface area contributed by atoms with Gasteiger partial charge in [-0.15, -0.1) is 5.01 Å². The number of ether oxygens (including phenoxy) is 2. The smallest absolute Gasteiger partial charge is 0.435 e. The lowest BCUT2D eigenvalue weighted by Crippen LogP contribution is -2.43. The lowest BCUT2D eigenvalue weighted by molar-refractivity contribution is -0.714. The molecular formula is C30H37F3N6O8S. The summed E-state index contributed by atoms with van der Waals surface area (Å²) < 4.78 is 79.2. The standard InChI is InChI=1S/C30H37F3N6O8S/c1-19(2)15-24(37(6)39(42)36-47-18-46-28(40)20(3)4)17-45-29(41)35-48(43,44)25-13-11-23(12-14-25)38-26(16-27(34-38)30(31,32)33)22-9-7-21(5)8-10-22/h7-14,16,19-20,24H,15,17-18H2,1-6H3,(H,35,41)/b39-36-/t24-/m0/s1. The molecule has 0 bridgehead atoms. The summed E-state index contributed by atoms with van der Waals surface area (Å²) in [5.41, 5.74) is 0.496. The average molecular weight is 699 g/mol. The van der Waals surface area contributed by atoms with Gasteiger partial charge in [-0.25, -0.2) is 22.6 Å². The highest BCUT2D eigenvalue weighted by atomic mass is 32.2. The van der Waals surface area contributed by atoms with Crippen LogP contribution in [-0.4, -0.2) is 66.7 Å². The van der Waals surface area contributed by atoms with Crippen LogP contribution in [0, 0.1) is 24.0 Å². The number of hydrogen-bond donors (Lipinski definition) is 1. The summed E-state index contributed by atoms with van der Waals surface area (Å²) in [7, 11) is -3.14. The van der Waals surface area contributed by atoms with Gasteiger partial charge in [-0.3, -0.25) is 4.79 Å². The van der Waals surface area contributed by atoms with E-state index in [1.54, 1.807) is 42.8 Å². The molecule has 262 valence electrons. The number of carbonyl (C=O) groups excluding carboxylic acids is 2. The van der Waals surface area contributed by atoms with E-state index >= 15 is 0 Å².